The Balaban J connectivity index is 2.31. The topological polar surface area (TPSA) is 50.4 Å². The minimum absolute atomic E-state index is 0.104. The fraction of sp³-hybridized carbons (Fsp3) is 0.889. The molecule has 1 saturated heterocycles. The quantitative estimate of drug-likeness (QED) is 0.583. The summed E-state index contributed by atoms with van der Waals surface area (Å²) in [6.07, 6.45) is 1.16. The predicted molar refractivity (Wildman–Crippen MR) is 50.7 cm³/mol. The van der Waals surface area contributed by atoms with Gasteiger partial charge in [-0.1, -0.05) is 0 Å². The van der Waals surface area contributed by atoms with Gasteiger partial charge in [0.05, 0.1) is 24.8 Å². The third kappa shape index (κ3) is 3.42. The van der Waals surface area contributed by atoms with Crippen LogP contribution in [0.4, 0.5) is 0 Å². The molecule has 1 fully saturated rings. The highest BCUT2D eigenvalue weighted by molar-refractivity contribution is 5.59. The van der Waals surface area contributed by atoms with Crippen LogP contribution < -0.4 is 10.6 Å². The van der Waals surface area contributed by atoms with Gasteiger partial charge in [0.2, 0.25) is 0 Å². The van der Waals surface area contributed by atoms with Gasteiger partial charge in [0.1, 0.15) is 6.29 Å². The summed E-state index contributed by atoms with van der Waals surface area (Å²) >= 11 is 0. The predicted octanol–water partition coefficient (Wildman–Crippen LogP) is -0.460. The third-order valence-electron chi connectivity index (χ3n) is 2.10. The lowest BCUT2D eigenvalue weighted by molar-refractivity contribution is -0.111. The minimum Gasteiger partial charge on any atom is -0.377 e. The molecule has 0 aromatic carbocycles. The number of hydrogen-bond acceptors (Lipinski definition) is 4. The molecule has 0 aromatic heterocycles. The maximum Gasteiger partial charge on any atom is 0.138 e. The Kier molecular flexibility index (Phi) is 4.35. The average Bonchev–Trinajstić information content (AvgIpc) is 2.15. The summed E-state index contributed by atoms with van der Waals surface area (Å²) in [6.45, 7) is 6.32. The van der Waals surface area contributed by atoms with Gasteiger partial charge in [-0.2, -0.15) is 0 Å². The van der Waals surface area contributed by atoms with Crippen LogP contribution in [0.15, 0.2) is 0 Å². The summed E-state index contributed by atoms with van der Waals surface area (Å²) in [5, 5.41) is 6.39. The molecule has 0 aliphatic carbocycles. The lowest BCUT2D eigenvalue weighted by Gasteiger charge is -2.30. The molecule has 0 bridgehead atoms. The van der Waals surface area contributed by atoms with E-state index in [0.29, 0.717) is 6.61 Å². The number of carbonyl (C=O) groups excluding carboxylic acids is 1. The molecule has 1 aliphatic heterocycles. The first-order valence-electron chi connectivity index (χ1n) is 4.77. The molecule has 2 N–H and O–H groups in total. The number of aldehydes is 1. The molecule has 13 heavy (non-hydrogen) atoms. The zero-order chi connectivity index (χ0) is 9.68. The normalized spacial score (nSPS) is 29.2. The van der Waals surface area contributed by atoms with Crippen LogP contribution in [0.2, 0.25) is 0 Å². The van der Waals surface area contributed by atoms with E-state index in [1.54, 1.807) is 0 Å². The highest BCUT2D eigenvalue weighted by Crippen LogP contribution is 1.99. The molecule has 0 spiro atoms. The molecule has 1 rings (SSSR count). The smallest absolute Gasteiger partial charge is 0.138 e. The van der Waals surface area contributed by atoms with Crippen LogP contribution in [-0.2, 0) is 9.53 Å². The van der Waals surface area contributed by atoms with Crippen LogP contribution in [0.5, 0.6) is 0 Å². The minimum atomic E-state index is -0.104. The highest BCUT2D eigenvalue weighted by Gasteiger charge is 2.23. The Morgan fingerprint density at radius 3 is 2.77 bits per heavy atom. The molecule has 76 valence electrons. The van der Waals surface area contributed by atoms with Gasteiger partial charge >= 0.3 is 0 Å². The Morgan fingerprint density at radius 2 is 2.15 bits per heavy atom. The SMILES string of the molecule is CC(C)OCC1NCCNC1C=O. The standard InChI is InChI=1S/C9H18N2O2/c1-7(2)13-6-9-8(5-12)10-3-4-11-9/h5,7-11H,3-4,6H2,1-2H3. The number of rotatable bonds is 4. The van der Waals surface area contributed by atoms with E-state index in [1.807, 2.05) is 13.8 Å². The van der Waals surface area contributed by atoms with Gasteiger partial charge < -0.3 is 20.2 Å². The molecule has 4 heteroatoms. The second-order valence-corrected chi connectivity index (χ2v) is 3.56. The van der Waals surface area contributed by atoms with Gasteiger partial charge in [0.15, 0.2) is 0 Å². The Bertz CT molecular complexity index is 162. The summed E-state index contributed by atoms with van der Waals surface area (Å²) in [4.78, 5) is 10.7. The average molecular weight is 186 g/mol. The summed E-state index contributed by atoms with van der Waals surface area (Å²) in [5.74, 6) is 0. The zero-order valence-corrected chi connectivity index (χ0v) is 8.25. The molecular formula is C9H18N2O2. The van der Waals surface area contributed by atoms with Crippen LogP contribution in [0.25, 0.3) is 0 Å². The molecule has 0 saturated carbocycles. The van der Waals surface area contributed by atoms with E-state index in [1.165, 1.54) is 0 Å². The van der Waals surface area contributed by atoms with Crippen molar-refractivity contribution in [2.24, 2.45) is 0 Å². The fourth-order valence-corrected chi connectivity index (χ4v) is 1.37. The van der Waals surface area contributed by atoms with E-state index in [-0.39, 0.29) is 18.2 Å². The molecular weight excluding hydrogens is 168 g/mol. The second kappa shape index (κ2) is 5.32. The Morgan fingerprint density at radius 1 is 1.46 bits per heavy atom. The van der Waals surface area contributed by atoms with Crippen molar-refractivity contribution in [1.82, 2.24) is 10.6 Å². The highest BCUT2D eigenvalue weighted by atomic mass is 16.5. The van der Waals surface area contributed by atoms with E-state index < -0.39 is 0 Å². The van der Waals surface area contributed by atoms with Crippen molar-refractivity contribution in [3.05, 3.63) is 0 Å². The van der Waals surface area contributed by atoms with Crippen molar-refractivity contribution in [2.75, 3.05) is 19.7 Å². The lowest BCUT2D eigenvalue weighted by atomic mass is 10.1. The van der Waals surface area contributed by atoms with Gasteiger partial charge in [0, 0.05) is 13.1 Å². The van der Waals surface area contributed by atoms with Crippen molar-refractivity contribution >= 4 is 6.29 Å². The number of ether oxygens (including phenoxy) is 1. The van der Waals surface area contributed by atoms with Crippen molar-refractivity contribution < 1.29 is 9.53 Å². The zero-order valence-electron chi connectivity index (χ0n) is 8.25. The summed E-state index contributed by atoms with van der Waals surface area (Å²) in [5.41, 5.74) is 0. The molecule has 1 aliphatic rings. The molecule has 0 amide bonds. The molecule has 2 atom stereocenters. The maximum absolute atomic E-state index is 10.7. The maximum atomic E-state index is 10.7. The van der Waals surface area contributed by atoms with Crippen LogP contribution >= 0.6 is 0 Å². The molecule has 1 heterocycles. The van der Waals surface area contributed by atoms with Crippen LogP contribution in [0.3, 0.4) is 0 Å². The molecule has 4 nitrogen and oxygen atoms in total. The molecule has 2 unspecified atom stereocenters. The fourth-order valence-electron chi connectivity index (χ4n) is 1.37. The summed E-state index contributed by atoms with van der Waals surface area (Å²) in [7, 11) is 0. The number of piperazine rings is 1. The largest absolute Gasteiger partial charge is 0.377 e. The van der Waals surface area contributed by atoms with Crippen LogP contribution in [-0.4, -0.2) is 44.2 Å². The summed E-state index contributed by atoms with van der Waals surface area (Å²) < 4.78 is 5.45. The number of hydrogen-bond donors (Lipinski definition) is 2. The van der Waals surface area contributed by atoms with E-state index in [2.05, 4.69) is 10.6 Å². The first kappa shape index (κ1) is 10.6. The molecule has 0 aromatic rings. The van der Waals surface area contributed by atoms with Crippen LogP contribution in [0, 0.1) is 0 Å². The second-order valence-electron chi connectivity index (χ2n) is 3.56. The number of nitrogens with one attached hydrogen (secondary N) is 2. The van der Waals surface area contributed by atoms with Crippen molar-refractivity contribution in [1.29, 1.82) is 0 Å². The first-order valence-corrected chi connectivity index (χ1v) is 4.77. The van der Waals surface area contributed by atoms with Gasteiger partial charge in [-0.15, -0.1) is 0 Å². The Hall–Kier alpha value is -0.450. The van der Waals surface area contributed by atoms with Gasteiger partial charge in [-0.05, 0) is 13.8 Å². The van der Waals surface area contributed by atoms with E-state index in [4.69, 9.17) is 4.74 Å². The van der Waals surface area contributed by atoms with Gasteiger partial charge in [0.25, 0.3) is 0 Å². The van der Waals surface area contributed by atoms with Crippen molar-refractivity contribution in [3.8, 4) is 0 Å². The van der Waals surface area contributed by atoms with E-state index in [0.717, 1.165) is 19.4 Å². The van der Waals surface area contributed by atoms with E-state index >= 15 is 0 Å². The lowest BCUT2D eigenvalue weighted by Crippen LogP contribution is -2.58. The van der Waals surface area contributed by atoms with E-state index in [9.17, 15) is 4.79 Å². The monoisotopic (exact) mass is 186 g/mol. The van der Waals surface area contributed by atoms with Crippen LogP contribution in [0.1, 0.15) is 13.8 Å². The van der Waals surface area contributed by atoms with Crippen molar-refractivity contribution in [2.45, 2.75) is 32.0 Å². The molecule has 0 radical (unpaired) electrons. The summed E-state index contributed by atoms with van der Waals surface area (Å²) in [6, 6.07) is 0.0150. The Labute approximate surface area is 79.0 Å². The number of carbonyl (C=O) groups is 1. The third-order valence-corrected chi connectivity index (χ3v) is 2.10. The first-order chi connectivity index (χ1) is 6.24. The van der Waals surface area contributed by atoms with Gasteiger partial charge in [-0.3, -0.25) is 0 Å². The van der Waals surface area contributed by atoms with Gasteiger partial charge in [-0.25, -0.2) is 0 Å². The van der Waals surface area contributed by atoms with Crippen molar-refractivity contribution in [3.63, 3.8) is 0 Å².